The van der Waals surface area contributed by atoms with Crippen molar-refractivity contribution in [2.24, 2.45) is 16.7 Å². The van der Waals surface area contributed by atoms with Crippen LogP contribution in [0.2, 0.25) is 5.82 Å². The molecule has 3 atom stereocenters. The van der Waals surface area contributed by atoms with Gasteiger partial charge in [-0.2, -0.15) is 0 Å². The maximum absolute atomic E-state index is 2.50. The lowest BCUT2D eigenvalue weighted by molar-refractivity contribution is 0.153. The summed E-state index contributed by atoms with van der Waals surface area (Å²) in [5.41, 5.74) is 1.30. The third-order valence-corrected chi connectivity index (χ3v) is 5.23. The van der Waals surface area contributed by atoms with E-state index in [4.69, 9.17) is 0 Å². The zero-order valence-corrected chi connectivity index (χ0v) is 8.28. The summed E-state index contributed by atoms with van der Waals surface area (Å²) in [5.74, 6) is 2.00. The zero-order chi connectivity index (χ0) is 8.28. The first-order chi connectivity index (χ1) is 4.98. The van der Waals surface area contributed by atoms with Gasteiger partial charge in [-0.25, -0.2) is 0 Å². The Kier molecular flexibility index (Phi) is 1.30. The third-order valence-electron chi connectivity index (χ3n) is 5.23. The van der Waals surface area contributed by atoms with E-state index in [1.165, 1.54) is 19.3 Å². The SMILES string of the molecule is BC1C[C@H]2CC[C@@]1(C)C2(C)C. The van der Waals surface area contributed by atoms with Gasteiger partial charge in [0.2, 0.25) is 0 Å². The minimum Gasteiger partial charge on any atom is -0.0636 e. The molecule has 0 aromatic carbocycles. The Morgan fingerprint density at radius 1 is 1.27 bits per heavy atom. The Hall–Kier alpha value is 0.0649. The quantitative estimate of drug-likeness (QED) is 0.464. The molecule has 2 aliphatic carbocycles. The van der Waals surface area contributed by atoms with Crippen LogP contribution < -0.4 is 0 Å². The van der Waals surface area contributed by atoms with Crippen molar-refractivity contribution in [2.75, 3.05) is 0 Å². The van der Waals surface area contributed by atoms with Crippen molar-refractivity contribution in [3.05, 3.63) is 0 Å². The summed E-state index contributed by atoms with van der Waals surface area (Å²) in [6, 6.07) is 0. The Morgan fingerprint density at radius 3 is 2.09 bits per heavy atom. The van der Waals surface area contributed by atoms with Gasteiger partial charge in [-0.3, -0.25) is 0 Å². The van der Waals surface area contributed by atoms with Crippen LogP contribution in [0.15, 0.2) is 0 Å². The average molecular weight is 150 g/mol. The van der Waals surface area contributed by atoms with Crippen LogP contribution in [0.1, 0.15) is 40.0 Å². The van der Waals surface area contributed by atoms with Crippen molar-refractivity contribution in [1.82, 2.24) is 0 Å². The summed E-state index contributed by atoms with van der Waals surface area (Å²) >= 11 is 0. The van der Waals surface area contributed by atoms with Crippen molar-refractivity contribution in [2.45, 2.75) is 45.9 Å². The van der Waals surface area contributed by atoms with Crippen LogP contribution in [0.4, 0.5) is 0 Å². The maximum atomic E-state index is 2.50. The van der Waals surface area contributed by atoms with Crippen LogP contribution in [0.5, 0.6) is 0 Å². The van der Waals surface area contributed by atoms with E-state index >= 15 is 0 Å². The van der Waals surface area contributed by atoms with Crippen molar-refractivity contribution in [3.63, 3.8) is 0 Å². The molecule has 0 amide bonds. The molecule has 2 saturated carbocycles. The minimum atomic E-state index is 0.631. The number of hydrogen-bond acceptors (Lipinski definition) is 0. The summed E-state index contributed by atoms with van der Waals surface area (Å²) in [5, 5.41) is 0. The second-order valence-corrected chi connectivity index (χ2v) is 5.51. The molecular weight excluding hydrogens is 131 g/mol. The van der Waals surface area contributed by atoms with Crippen molar-refractivity contribution >= 4 is 7.85 Å². The Labute approximate surface area is 71.2 Å². The molecule has 0 heterocycles. The normalized spacial score (nSPS) is 53.4. The molecule has 0 nitrogen and oxygen atoms in total. The van der Waals surface area contributed by atoms with Crippen LogP contribution in [0, 0.1) is 16.7 Å². The summed E-state index contributed by atoms with van der Waals surface area (Å²) in [4.78, 5) is 0. The lowest BCUT2D eigenvalue weighted by atomic mass is 9.60. The highest BCUT2D eigenvalue weighted by atomic mass is 14.6. The highest BCUT2D eigenvalue weighted by Crippen LogP contribution is 2.69. The van der Waals surface area contributed by atoms with E-state index in [0.29, 0.717) is 10.8 Å². The maximum Gasteiger partial charge on any atom is 0.106 e. The van der Waals surface area contributed by atoms with Crippen LogP contribution >= 0.6 is 0 Å². The fourth-order valence-corrected chi connectivity index (χ4v) is 3.60. The van der Waals surface area contributed by atoms with Gasteiger partial charge in [0.05, 0.1) is 0 Å². The smallest absolute Gasteiger partial charge is 0.0636 e. The predicted molar refractivity (Wildman–Crippen MR) is 51.5 cm³/mol. The van der Waals surface area contributed by atoms with E-state index in [1.807, 2.05) is 0 Å². The molecule has 0 spiro atoms. The molecule has 0 saturated heterocycles. The molecule has 1 heteroatoms. The monoisotopic (exact) mass is 150 g/mol. The molecular formula is C10H19B. The molecule has 2 rings (SSSR count). The van der Waals surface area contributed by atoms with E-state index in [1.54, 1.807) is 0 Å². The standard InChI is InChI=1S/C10H19B/c1-9(2)7-4-5-10(9,3)8(11)6-7/h7-8H,4-6,11H2,1-3H3/t7-,8?,10-/m1/s1. The summed E-state index contributed by atoms with van der Waals surface area (Å²) in [6.45, 7) is 7.47. The third kappa shape index (κ3) is 0.678. The Morgan fingerprint density at radius 2 is 1.91 bits per heavy atom. The van der Waals surface area contributed by atoms with Crippen molar-refractivity contribution in [1.29, 1.82) is 0 Å². The minimum absolute atomic E-state index is 0.631. The van der Waals surface area contributed by atoms with Gasteiger partial charge >= 0.3 is 0 Å². The summed E-state index contributed by atoms with van der Waals surface area (Å²) in [6.07, 6.45) is 4.46. The predicted octanol–water partition coefficient (Wildman–Crippen LogP) is 2.25. The van der Waals surface area contributed by atoms with Crippen LogP contribution in [-0.2, 0) is 0 Å². The molecule has 2 bridgehead atoms. The zero-order valence-electron chi connectivity index (χ0n) is 8.28. The Balaban J connectivity index is 2.40. The second kappa shape index (κ2) is 1.86. The van der Waals surface area contributed by atoms with E-state index in [2.05, 4.69) is 28.6 Å². The Bertz CT molecular complexity index is 185. The molecule has 1 unspecified atom stereocenters. The number of fused-ring (bicyclic) bond motifs is 2. The van der Waals surface area contributed by atoms with Crippen molar-refractivity contribution < 1.29 is 0 Å². The highest BCUT2D eigenvalue weighted by Gasteiger charge is 2.59. The topological polar surface area (TPSA) is 0 Å². The van der Waals surface area contributed by atoms with Gasteiger partial charge in [-0.15, -0.1) is 0 Å². The lowest BCUT2D eigenvalue weighted by Crippen LogP contribution is -2.29. The highest BCUT2D eigenvalue weighted by molar-refractivity contribution is 6.12. The number of rotatable bonds is 0. The molecule has 11 heavy (non-hydrogen) atoms. The fraction of sp³-hybridized carbons (Fsp3) is 1.00. The van der Waals surface area contributed by atoms with Crippen LogP contribution in [0.25, 0.3) is 0 Å². The van der Waals surface area contributed by atoms with Gasteiger partial charge in [0.25, 0.3) is 0 Å². The van der Waals surface area contributed by atoms with Gasteiger partial charge in [0.1, 0.15) is 7.85 Å². The summed E-state index contributed by atoms with van der Waals surface area (Å²) < 4.78 is 0. The van der Waals surface area contributed by atoms with Gasteiger partial charge in [-0.1, -0.05) is 33.0 Å². The molecule has 0 radical (unpaired) electrons. The lowest BCUT2D eigenvalue weighted by Gasteiger charge is -2.38. The van der Waals surface area contributed by atoms with E-state index in [9.17, 15) is 0 Å². The molecule has 0 aromatic heterocycles. The van der Waals surface area contributed by atoms with Gasteiger partial charge < -0.3 is 0 Å². The molecule has 0 aromatic rings. The molecule has 2 fully saturated rings. The van der Waals surface area contributed by atoms with Gasteiger partial charge in [0.15, 0.2) is 0 Å². The van der Waals surface area contributed by atoms with E-state index in [-0.39, 0.29) is 0 Å². The first-order valence-corrected chi connectivity index (χ1v) is 4.98. The molecule has 62 valence electrons. The van der Waals surface area contributed by atoms with Crippen molar-refractivity contribution in [3.8, 4) is 0 Å². The largest absolute Gasteiger partial charge is 0.106 e. The molecule has 0 aliphatic heterocycles. The van der Waals surface area contributed by atoms with Gasteiger partial charge in [-0.05, 0) is 29.6 Å². The number of hydrogen-bond donors (Lipinski definition) is 0. The van der Waals surface area contributed by atoms with Crippen LogP contribution in [-0.4, -0.2) is 7.85 Å². The van der Waals surface area contributed by atoms with Gasteiger partial charge in [0, 0.05) is 0 Å². The van der Waals surface area contributed by atoms with E-state index in [0.717, 1.165) is 11.7 Å². The second-order valence-electron chi connectivity index (χ2n) is 5.51. The first-order valence-electron chi connectivity index (χ1n) is 4.98. The van der Waals surface area contributed by atoms with Crippen LogP contribution in [0.3, 0.4) is 0 Å². The molecule has 0 N–H and O–H groups in total. The molecule has 2 aliphatic rings. The average Bonchev–Trinajstić information content (AvgIpc) is 2.20. The summed E-state index contributed by atoms with van der Waals surface area (Å²) in [7, 11) is 2.45. The fourth-order valence-electron chi connectivity index (χ4n) is 3.60. The first kappa shape index (κ1) is 7.70. The van der Waals surface area contributed by atoms with E-state index < -0.39 is 0 Å².